The molecule has 1 nitrogen and oxygen atoms in total. The van der Waals surface area contributed by atoms with Gasteiger partial charge in [0.25, 0.3) is 0 Å². The molecule has 0 saturated heterocycles. The van der Waals surface area contributed by atoms with Gasteiger partial charge in [0.15, 0.2) is 0 Å². The lowest BCUT2D eigenvalue weighted by Crippen LogP contribution is -2.25. The second kappa shape index (κ2) is 4.11. The lowest BCUT2D eigenvalue weighted by atomic mass is 9.89. The summed E-state index contributed by atoms with van der Waals surface area (Å²) >= 11 is 5.38. The van der Waals surface area contributed by atoms with Crippen LogP contribution in [0.1, 0.15) is 23.6 Å². The Morgan fingerprint density at radius 1 is 1.54 bits per heavy atom. The molecule has 0 aliphatic rings. The summed E-state index contributed by atoms with van der Waals surface area (Å²) in [5, 5.41) is 0. The van der Waals surface area contributed by atoms with Gasteiger partial charge in [-0.3, -0.25) is 0 Å². The van der Waals surface area contributed by atoms with E-state index >= 15 is 0 Å². The first-order chi connectivity index (χ1) is 5.94. The van der Waals surface area contributed by atoms with Gasteiger partial charge in [-0.25, -0.2) is 0 Å². The van der Waals surface area contributed by atoms with Crippen LogP contribution in [0.3, 0.4) is 0 Å². The third kappa shape index (κ3) is 3.08. The van der Waals surface area contributed by atoms with Gasteiger partial charge < -0.3 is 5.73 Å². The highest BCUT2D eigenvalue weighted by atomic mass is 79.9. The van der Waals surface area contributed by atoms with E-state index in [-0.39, 0.29) is 5.41 Å². The normalized spacial score (nSPS) is 12.1. The van der Waals surface area contributed by atoms with Crippen molar-refractivity contribution in [3.63, 3.8) is 0 Å². The molecule has 0 aliphatic carbocycles. The monoisotopic (exact) mass is 261 g/mol. The number of rotatable bonds is 3. The van der Waals surface area contributed by atoms with Gasteiger partial charge in [0.05, 0.1) is 0 Å². The number of hydrogen-bond donors (Lipinski definition) is 1. The van der Waals surface area contributed by atoms with Crippen LogP contribution in [-0.2, 0) is 6.42 Å². The van der Waals surface area contributed by atoms with Crippen molar-refractivity contribution >= 4 is 27.3 Å². The molecule has 0 spiro atoms. The number of hydrogen-bond acceptors (Lipinski definition) is 2. The van der Waals surface area contributed by atoms with E-state index in [0.717, 1.165) is 13.0 Å². The first kappa shape index (κ1) is 11.2. The smallest absolute Gasteiger partial charge is 0.0314 e. The van der Waals surface area contributed by atoms with E-state index in [1.807, 2.05) is 11.3 Å². The lowest BCUT2D eigenvalue weighted by molar-refractivity contribution is 0.379. The molecule has 1 heterocycles. The van der Waals surface area contributed by atoms with Crippen molar-refractivity contribution in [3.05, 3.63) is 20.3 Å². The molecule has 2 N–H and O–H groups in total. The average molecular weight is 262 g/mol. The molecule has 0 aromatic carbocycles. The van der Waals surface area contributed by atoms with Crippen LogP contribution in [0.5, 0.6) is 0 Å². The Morgan fingerprint density at radius 3 is 2.54 bits per heavy atom. The van der Waals surface area contributed by atoms with Crippen molar-refractivity contribution in [3.8, 4) is 0 Å². The summed E-state index contributed by atoms with van der Waals surface area (Å²) in [4.78, 5) is 2.77. The molecule has 13 heavy (non-hydrogen) atoms. The predicted molar refractivity (Wildman–Crippen MR) is 63.3 cm³/mol. The van der Waals surface area contributed by atoms with Crippen molar-refractivity contribution in [2.45, 2.75) is 27.2 Å². The summed E-state index contributed by atoms with van der Waals surface area (Å²) in [6.07, 6.45) is 1.07. The van der Waals surface area contributed by atoms with Crippen LogP contribution in [-0.4, -0.2) is 6.54 Å². The molecule has 1 rings (SSSR count). The molecule has 0 amide bonds. The summed E-state index contributed by atoms with van der Waals surface area (Å²) in [6, 6.07) is 2.21. The van der Waals surface area contributed by atoms with E-state index in [1.54, 1.807) is 0 Å². The highest BCUT2D eigenvalue weighted by Crippen LogP contribution is 2.30. The fourth-order valence-electron chi connectivity index (χ4n) is 1.15. The molecule has 3 heteroatoms. The summed E-state index contributed by atoms with van der Waals surface area (Å²) < 4.78 is 1.22. The molecule has 0 bridgehead atoms. The Balaban J connectivity index is 2.75. The van der Waals surface area contributed by atoms with Gasteiger partial charge in [0.1, 0.15) is 0 Å². The molecular weight excluding hydrogens is 246 g/mol. The lowest BCUT2D eigenvalue weighted by Gasteiger charge is -2.20. The summed E-state index contributed by atoms with van der Waals surface area (Å²) in [7, 11) is 0. The largest absolute Gasteiger partial charge is 0.330 e. The van der Waals surface area contributed by atoms with Crippen LogP contribution >= 0.6 is 27.3 Å². The van der Waals surface area contributed by atoms with E-state index < -0.39 is 0 Å². The minimum atomic E-state index is 0.219. The van der Waals surface area contributed by atoms with Crippen LogP contribution < -0.4 is 5.73 Å². The van der Waals surface area contributed by atoms with Gasteiger partial charge >= 0.3 is 0 Å². The molecule has 1 aromatic rings. The maximum Gasteiger partial charge on any atom is 0.0314 e. The highest BCUT2D eigenvalue weighted by molar-refractivity contribution is 9.10. The Morgan fingerprint density at radius 2 is 2.15 bits per heavy atom. The quantitative estimate of drug-likeness (QED) is 0.888. The van der Waals surface area contributed by atoms with E-state index in [0.29, 0.717) is 0 Å². The molecule has 0 aliphatic heterocycles. The number of aryl methyl sites for hydroxylation is 1. The third-order valence-corrected chi connectivity index (χ3v) is 4.25. The first-order valence-corrected chi connectivity index (χ1v) is 6.00. The minimum Gasteiger partial charge on any atom is -0.330 e. The number of thiophene rings is 1. The molecule has 74 valence electrons. The standard InChI is InChI=1S/C10H16BrNS/c1-7-9(11)4-8(13-7)5-10(2,3)6-12/h4H,5-6,12H2,1-3H3. The molecular formula is C10H16BrNS. The van der Waals surface area contributed by atoms with Crippen molar-refractivity contribution in [1.82, 2.24) is 0 Å². The Hall–Kier alpha value is 0.140. The van der Waals surface area contributed by atoms with Crippen molar-refractivity contribution in [2.24, 2.45) is 11.1 Å². The Labute approximate surface area is 92.5 Å². The van der Waals surface area contributed by atoms with E-state index in [1.165, 1.54) is 14.2 Å². The summed E-state index contributed by atoms with van der Waals surface area (Å²) in [5.41, 5.74) is 5.91. The fourth-order valence-corrected chi connectivity index (χ4v) is 3.01. The van der Waals surface area contributed by atoms with Crippen LogP contribution in [0.15, 0.2) is 10.5 Å². The van der Waals surface area contributed by atoms with E-state index in [4.69, 9.17) is 5.73 Å². The van der Waals surface area contributed by atoms with Gasteiger partial charge in [-0.15, -0.1) is 11.3 Å². The molecule has 1 aromatic heterocycles. The van der Waals surface area contributed by atoms with Crippen molar-refractivity contribution in [2.75, 3.05) is 6.54 Å². The van der Waals surface area contributed by atoms with Gasteiger partial charge in [-0.1, -0.05) is 13.8 Å². The first-order valence-electron chi connectivity index (χ1n) is 4.39. The Kier molecular flexibility index (Phi) is 3.55. The second-order valence-electron chi connectivity index (χ2n) is 4.16. The van der Waals surface area contributed by atoms with Gasteiger partial charge in [0, 0.05) is 14.2 Å². The third-order valence-electron chi connectivity index (χ3n) is 2.11. The zero-order valence-corrected chi connectivity index (χ0v) is 10.8. The van der Waals surface area contributed by atoms with Gasteiger partial charge in [-0.05, 0) is 47.3 Å². The molecule has 0 unspecified atom stereocenters. The Bertz CT molecular complexity index is 272. The van der Waals surface area contributed by atoms with E-state index in [2.05, 4.69) is 42.8 Å². The number of nitrogens with two attached hydrogens (primary N) is 1. The SMILES string of the molecule is Cc1sc(CC(C)(C)CN)cc1Br. The zero-order valence-electron chi connectivity index (χ0n) is 8.36. The molecule has 0 saturated carbocycles. The van der Waals surface area contributed by atoms with E-state index in [9.17, 15) is 0 Å². The van der Waals surface area contributed by atoms with Gasteiger partial charge in [0.2, 0.25) is 0 Å². The average Bonchev–Trinajstić information content (AvgIpc) is 2.30. The zero-order chi connectivity index (χ0) is 10.1. The minimum absolute atomic E-state index is 0.219. The highest BCUT2D eigenvalue weighted by Gasteiger charge is 2.17. The van der Waals surface area contributed by atoms with Crippen molar-refractivity contribution < 1.29 is 0 Å². The molecule has 0 atom stereocenters. The molecule has 0 radical (unpaired) electrons. The summed E-state index contributed by atoms with van der Waals surface area (Å²) in [6.45, 7) is 7.28. The van der Waals surface area contributed by atoms with Crippen LogP contribution in [0.2, 0.25) is 0 Å². The maximum atomic E-state index is 5.69. The summed E-state index contributed by atoms with van der Waals surface area (Å²) in [5.74, 6) is 0. The van der Waals surface area contributed by atoms with Crippen LogP contribution in [0.25, 0.3) is 0 Å². The second-order valence-corrected chi connectivity index (χ2v) is 6.36. The van der Waals surface area contributed by atoms with Crippen LogP contribution in [0.4, 0.5) is 0 Å². The molecule has 0 fully saturated rings. The van der Waals surface area contributed by atoms with Crippen molar-refractivity contribution in [1.29, 1.82) is 0 Å². The maximum absolute atomic E-state index is 5.69. The predicted octanol–water partition coefficient (Wildman–Crippen LogP) is 3.35. The fraction of sp³-hybridized carbons (Fsp3) is 0.600. The van der Waals surface area contributed by atoms with Gasteiger partial charge in [-0.2, -0.15) is 0 Å². The van der Waals surface area contributed by atoms with Crippen LogP contribution in [0, 0.1) is 12.3 Å². The topological polar surface area (TPSA) is 26.0 Å². The number of halogens is 1.